The van der Waals surface area contributed by atoms with Crippen molar-refractivity contribution < 1.29 is 27.1 Å². The van der Waals surface area contributed by atoms with Crippen LogP contribution >= 0.6 is 0 Å². The van der Waals surface area contributed by atoms with E-state index in [1.54, 1.807) is 24.3 Å². The van der Waals surface area contributed by atoms with Crippen molar-refractivity contribution in [3.05, 3.63) is 59.9 Å². The minimum atomic E-state index is -3.98. The zero-order valence-electron chi connectivity index (χ0n) is 17.8. The number of carbonyl (C=O) groups is 2. The number of likely N-dealkylation sites (N-methyl/N-ethyl adjacent to an activating group) is 1. The molecule has 0 heterocycles. The molecule has 0 aromatic heterocycles. The van der Waals surface area contributed by atoms with Gasteiger partial charge in [-0.2, -0.15) is 0 Å². The van der Waals surface area contributed by atoms with Crippen LogP contribution in [0.3, 0.4) is 0 Å². The highest BCUT2D eigenvalue weighted by Gasteiger charge is 2.30. The molecule has 0 saturated carbocycles. The van der Waals surface area contributed by atoms with Gasteiger partial charge in [0.05, 0.1) is 19.1 Å². The lowest BCUT2D eigenvalue weighted by Crippen LogP contribution is -2.50. The van der Waals surface area contributed by atoms with Crippen molar-refractivity contribution in [1.29, 1.82) is 0 Å². The van der Waals surface area contributed by atoms with Crippen LogP contribution in [0.5, 0.6) is 5.75 Å². The van der Waals surface area contributed by atoms with Crippen LogP contribution in [-0.4, -0.2) is 58.1 Å². The van der Waals surface area contributed by atoms with E-state index in [2.05, 4.69) is 5.32 Å². The van der Waals surface area contributed by atoms with Crippen molar-refractivity contribution in [2.45, 2.75) is 19.5 Å². The average molecular weight is 452 g/mol. The minimum Gasteiger partial charge on any atom is -0.497 e. The van der Waals surface area contributed by atoms with E-state index in [9.17, 15) is 22.4 Å². The second-order valence-electron chi connectivity index (χ2n) is 6.88. The van der Waals surface area contributed by atoms with Gasteiger partial charge in [-0.1, -0.05) is 24.3 Å². The lowest BCUT2D eigenvalue weighted by molar-refractivity contribution is -0.139. The molecule has 168 valence electrons. The maximum Gasteiger partial charge on any atom is 0.244 e. The number of benzene rings is 2. The smallest absolute Gasteiger partial charge is 0.244 e. The second-order valence-corrected chi connectivity index (χ2v) is 8.79. The molecule has 31 heavy (non-hydrogen) atoms. The van der Waals surface area contributed by atoms with E-state index in [4.69, 9.17) is 4.74 Å². The van der Waals surface area contributed by atoms with Gasteiger partial charge in [0.1, 0.15) is 24.2 Å². The first kappa shape index (κ1) is 24.1. The third-order valence-corrected chi connectivity index (χ3v) is 5.83. The van der Waals surface area contributed by atoms with Crippen LogP contribution in [0.25, 0.3) is 0 Å². The summed E-state index contributed by atoms with van der Waals surface area (Å²) in [5.41, 5.74) is 0.438. The molecule has 8 nitrogen and oxygen atoms in total. The Morgan fingerprint density at radius 2 is 1.84 bits per heavy atom. The summed E-state index contributed by atoms with van der Waals surface area (Å²) < 4.78 is 44.8. The number of halogens is 1. The Balaban J connectivity index is 2.40. The number of anilines is 1. The molecular formula is C21H26FN3O5S. The molecule has 2 aromatic rings. The van der Waals surface area contributed by atoms with Gasteiger partial charge in [-0.15, -0.1) is 0 Å². The largest absolute Gasteiger partial charge is 0.497 e. The third-order valence-electron chi connectivity index (χ3n) is 4.70. The van der Waals surface area contributed by atoms with Gasteiger partial charge >= 0.3 is 0 Å². The highest BCUT2D eigenvalue weighted by Crippen LogP contribution is 2.22. The van der Waals surface area contributed by atoms with Crippen LogP contribution in [0, 0.1) is 5.82 Å². The highest BCUT2D eigenvalue weighted by atomic mass is 32.2. The van der Waals surface area contributed by atoms with Gasteiger partial charge in [0.15, 0.2) is 0 Å². The van der Waals surface area contributed by atoms with E-state index in [0.29, 0.717) is 15.6 Å². The first-order valence-electron chi connectivity index (χ1n) is 9.44. The molecule has 0 radical (unpaired) electrons. The Hall–Kier alpha value is -3.14. The molecule has 0 fully saturated rings. The van der Waals surface area contributed by atoms with Crippen molar-refractivity contribution >= 4 is 27.5 Å². The van der Waals surface area contributed by atoms with E-state index in [-0.39, 0.29) is 12.2 Å². The quantitative estimate of drug-likeness (QED) is 0.627. The molecule has 1 N–H and O–H groups in total. The van der Waals surface area contributed by atoms with Gasteiger partial charge < -0.3 is 15.0 Å². The monoisotopic (exact) mass is 451 g/mol. The Morgan fingerprint density at radius 1 is 1.16 bits per heavy atom. The number of ether oxygens (including phenoxy) is 1. The number of carbonyl (C=O) groups excluding carboxylic acids is 2. The fourth-order valence-corrected chi connectivity index (χ4v) is 3.86. The Morgan fingerprint density at radius 3 is 2.42 bits per heavy atom. The van der Waals surface area contributed by atoms with E-state index in [1.807, 2.05) is 0 Å². The molecule has 0 bridgehead atoms. The fourth-order valence-electron chi connectivity index (χ4n) is 3.01. The summed E-state index contributed by atoms with van der Waals surface area (Å²) in [6.45, 7) is 0.898. The van der Waals surface area contributed by atoms with Gasteiger partial charge in [-0.3, -0.25) is 13.9 Å². The molecule has 0 saturated heterocycles. The zero-order valence-corrected chi connectivity index (χ0v) is 18.6. The number of nitrogens with one attached hydrogen (secondary N) is 1. The van der Waals surface area contributed by atoms with Gasteiger partial charge in [0.2, 0.25) is 21.8 Å². The molecule has 0 aliphatic rings. The minimum absolute atomic E-state index is 0.0273. The summed E-state index contributed by atoms with van der Waals surface area (Å²) in [5, 5.41) is 2.48. The lowest BCUT2D eigenvalue weighted by atomic mass is 10.1. The van der Waals surface area contributed by atoms with Crippen LogP contribution < -0.4 is 14.4 Å². The molecular weight excluding hydrogens is 425 g/mol. The van der Waals surface area contributed by atoms with Crippen LogP contribution in [0.1, 0.15) is 12.5 Å². The molecule has 0 spiro atoms. The zero-order chi connectivity index (χ0) is 23.2. The van der Waals surface area contributed by atoms with Crippen LogP contribution in [0.4, 0.5) is 10.1 Å². The molecule has 2 aromatic carbocycles. The summed E-state index contributed by atoms with van der Waals surface area (Å²) in [6.07, 6.45) is 0.890. The van der Waals surface area contributed by atoms with Gasteiger partial charge in [0, 0.05) is 13.6 Å². The van der Waals surface area contributed by atoms with Gasteiger partial charge in [0.25, 0.3) is 0 Å². The summed E-state index contributed by atoms with van der Waals surface area (Å²) in [5.74, 6) is -1.29. The van der Waals surface area contributed by atoms with E-state index >= 15 is 0 Å². The molecule has 0 aliphatic heterocycles. The molecule has 0 aliphatic carbocycles. The maximum atomic E-state index is 14.3. The predicted octanol–water partition coefficient (Wildman–Crippen LogP) is 1.76. The normalized spacial score (nSPS) is 12.0. The molecule has 1 atom stereocenters. The number of hydrogen-bond acceptors (Lipinski definition) is 5. The topological polar surface area (TPSA) is 96.0 Å². The fraction of sp³-hybridized carbons (Fsp3) is 0.333. The lowest BCUT2D eigenvalue weighted by Gasteiger charge is -2.31. The van der Waals surface area contributed by atoms with Crippen molar-refractivity contribution in [2.24, 2.45) is 0 Å². The van der Waals surface area contributed by atoms with E-state index < -0.39 is 40.2 Å². The van der Waals surface area contributed by atoms with Crippen molar-refractivity contribution in [1.82, 2.24) is 10.2 Å². The summed E-state index contributed by atoms with van der Waals surface area (Å²) in [6, 6.07) is 11.3. The molecule has 0 unspecified atom stereocenters. The molecule has 2 rings (SSSR count). The number of rotatable bonds is 9. The standard InChI is InChI=1S/C21H26FN3O5S/c1-15(21(27)23-2)24(13-16-8-7-9-17(12-16)30-3)20(26)14-25(31(4,28)29)19-11-6-5-10-18(19)22/h5-12,15H,13-14H2,1-4H3,(H,23,27)/t15-/m0/s1. The van der Waals surface area contributed by atoms with Gasteiger partial charge in [-0.05, 0) is 36.8 Å². The first-order valence-corrected chi connectivity index (χ1v) is 11.3. The Labute approximate surface area is 181 Å². The maximum absolute atomic E-state index is 14.3. The van der Waals surface area contributed by atoms with E-state index in [0.717, 1.165) is 12.3 Å². The summed E-state index contributed by atoms with van der Waals surface area (Å²) in [4.78, 5) is 26.7. The number of nitrogens with zero attached hydrogens (tertiary/aromatic N) is 2. The van der Waals surface area contributed by atoms with Crippen molar-refractivity contribution in [2.75, 3.05) is 31.3 Å². The number of sulfonamides is 1. The van der Waals surface area contributed by atoms with Crippen molar-refractivity contribution in [3.63, 3.8) is 0 Å². The van der Waals surface area contributed by atoms with E-state index in [1.165, 1.54) is 44.2 Å². The second kappa shape index (κ2) is 10.3. The Kier molecular flexibility index (Phi) is 7.98. The average Bonchev–Trinajstić information content (AvgIpc) is 2.74. The molecule has 10 heteroatoms. The van der Waals surface area contributed by atoms with Crippen LogP contribution in [0.15, 0.2) is 48.5 Å². The molecule has 2 amide bonds. The number of amides is 2. The van der Waals surface area contributed by atoms with Gasteiger partial charge in [-0.25, -0.2) is 12.8 Å². The SMILES string of the molecule is CNC(=O)[C@H](C)N(Cc1cccc(OC)c1)C(=O)CN(c1ccccc1F)S(C)(=O)=O. The van der Waals surface area contributed by atoms with Crippen LogP contribution in [-0.2, 0) is 26.2 Å². The first-order chi connectivity index (χ1) is 14.6. The highest BCUT2D eigenvalue weighted by molar-refractivity contribution is 7.92. The summed E-state index contributed by atoms with van der Waals surface area (Å²) >= 11 is 0. The van der Waals surface area contributed by atoms with Crippen molar-refractivity contribution in [3.8, 4) is 5.75 Å². The third kappa shape index (κ3) is 6.17. The summed E-state index contributed by atoms with van der Waals surface area (Å²) in [7, 11) is -1.03. The predicted molar refractivity (Wildman–Crippen MR) is 116 cm³/mol. The number of methoxy groups -OCH3 is 1. The number of hydrogen-bond donors (Lipinski definition) is 1. The Bertz CT molecular complexity index is 1040. The van der Waals surface area contributed by atoms with Crippen LogP contribution in [0.2, 0.25) is 0 Å². The number of para-hydroxylation sites is 1.